The molecule has 6 heteroatoms. The van der Waals surface area contributed by atoms with Crippen LogP contribution in [0.4, 0.5) is 0 Å². The zero-order valence-electron chi connectivity index (χ0n) is 14.6. The molecule has 0 aliphatic carbocycles. The minimum Gasteiger partial charge on any atom is -0.342 e. The van der Waals surface area contributed by atoms with Crippen molar-refractivity contribution in [2.45, 2.75) is 31.5 Å². The average Bonchev–Trinajstić information content (AvgIpc) is 3.04. The van der Waals surface area contributed by atoms with Gasteiger partial charge in [0.05, 0.1) is 5.75 Å². The van der Waals surface area contributed by atoms with E-state index < -0.39 is 0 Å². The van der Waals surface area contributed by atoms with Crippen LogP contribution in [-0.4, -0.2) is 44.4 Å². The van der Waals surface area contributed by atoms with Gasteiger partial charge in [0.25, 0.3) is 0 Å². The van der Waals surface area contributed by atoms with Crippen LogP contribution >= 0.6 is 11.8 Å². The second kappa shape index (κ2) is 8.34. The lowest BCUT2D eigenvalue weighted by molar-refractivity contribution is -0.129. The minimum atomic E-state index is 0.186. The van der Waals surface area contributed by atoms with E-state index in [0.717, 1.165) is 48.4 Å². The average molecular weight is 356 g/mol. The number of aromatic nitrogens is 3. The van der Waals surface area contributed by atoms with Gasteiger partial charge in [0.15, 0.2) is 11.0 Å². The van der Waals surface area contributed by atoms with Crippen LogP contribution in [0.15, 0.2) is 48.1 Å². The van der Waals surface area contributed by atoms with E-state index in [2.05, 4.69) is 23.7 Å². The molecule has 1 aliphatic heterocycles. The molecule has 0 radical (unpaired) electrons. The first-order valence-electron chi connectivity index (χ1n) is 8.69. The highest BCUT2D eigenvalue weighted by molar-refractivity contribution is 7.99. The summed E-state index contributed by atoms with van der Waals surface area (Å²) in [5.41, 5.74) is 1.01. The SMILES string of the molecule is C=CCn1c(SCC(=O)N2CCC(C)CC2)nnc1-c1ccccc1. The van der Waals surface area contributed by atoms with E-state index in [9.17, 15) is 4.79 Å². The van der Waals surface area contributed by atoms with Gasteiger partial charge in [-0.2, -0.15) is 0 Å². The molecule has 1 aromatic carbocycles. The first kappa shape index (κ1) is 17.7. The molecule has 1 aliphatic rings. The van der Waals surface area contributed by atoms with Crippen molar-refractivity contribution in [3.8, 4) is 11.4 Å². The standard InChI is InChI=1S/C19H24N4OS/c1-3-11-23-18(16-7-5-4-6-8-16)20-21-19(23)25-14-17(24)22-12-9-15(2)10-13-22/h3-8,15H,1,9-14H2,2H3. The van der Waals surface area contributed by atoms with E-state index in [0.29, 0.717) is 12.3 Å². The maximum absolute atomic E-state index is 12.5. The van der Waals surface area contributed by atoms with E-state index in [1.54, 1.807) is 0 Å². The summed E-state index contributed by atoms with van der Waals surface area (Å²) in [6.45, 7) is 8.44. The Hall–Kier alpha value is -2.08. The van der Waals surface area contributed by atoms with Crippen LogP contribution in [0.2, 0.25) is 0 Å². The van der Waals surface area contributed by atoms with Crippen molar-refractivity contribution in [2.75, 3.05) is 18.8 Å². The molecule has 2 heterocycles. The van der Waals surface area contributed by atoms with Crippen LogP contribution in [0.1, 0.15) is 19.8 Å². The largest absolute Gasteiger partial charge is 0.342 e. The molecular weight excluding hydrogens is 332 g/mol. The molecule has 1 aromatic heterocycles. The predicted molar refractivity (Wildman–Crippen MR) is 101 cm³/mol. The lowest BCUT2D eigenvalue weighted by Crippen LogP contribution is -2.38. The number of likely N-dealkylation sites (tertiary alicyclic amines) is 1. The van der Waals surface area contributed by atoms with Crippen LogP contribution in [0.3, 0.4) is 0 Å². The second-order valence-corrected chi connectivity index (χ2v) is 7.37. The summed E-state index contributed by atoms with van der Waals surface area (Å²) in [6, 6.07) is 9.97. The van der Waals surface area contributed by atoms with Crippen LogP contribution in [-0.2, 0) is 11.3 Å². The highest BCUT2D eigenvalue weighted by Crippen LogP contribution is 2.25. The molecule has 5 nitrogen and oxygen atoms in total. The van der Waals surface area contributed by atoms with Gasteiger partial charge in [-0.15, -0.1) is 16.8 Å². The fraction of sp³-hybridized carbons (Fsp3) is 0.421. The molecule has 0 unspecified atom stereocenters. The van der Waals surface area contributed by atoms with Crippen molar-refractivity contribution < 1.29 is 4.79 Å². The van der Waals surface area contributed by atoms with Crippen molar-refractivity contribution in [3.05, 3.63) is 43.0 Å². The number of hydrogen-bond donors (Lipinski definition) is 0. The monoisotopic (exact) mass is 356 g/mol. The molecule has 1 saturated heterocycles. The zero-order chi connectivity index (χ0) is 17.6. The topological polar surface area (TPSA) is 51.0 Å². The molecule has 0 saturated carbocycles. The number of hydrogen-bond acceptors (Lipinski definition) is 4. The van der Waals surface area contributed by atoms with Gasteiger partial charge in [-0.1, -0.05) is 55.1 Å². The smallest absolute Gasteiger partial charge is 0.233 e. The van der Waals surface area contributed by atoms with E-state index >= 15 is 0 Å². The molecule has 0 bridgehead atoms. The normalized spacial score (nSPS) is 15.3. The maximum atomic E-state index is 12.5. The van der Waals surface area contributed by atoms with Crippen molar-refractivity contribution in [3.63, 3.8) is 0 Å². The first-order chi connectivity index (χ1) is 12.2. The number of allylic oxidation sites excluding steroid dienone is 1. The molecule has 132 valence electrons. The molecule has 0 atom stereocenters. The van der Waals surface area contributed by atoms with Crippen molar-refractivity contribution in [2.24, 2.45) is 5.92 Å². The number of amides is 1. The molecule has 3 rings (SSSR count). The van der Waals surface area contributed by atoms with Gasteiger partial charge < -0.3 is 4.90 Å². The van der Waals surface area contributed by atoms with E-state index in [1.165, 1.54) is 11.8 Å². The Kier molecular flexibility index (Phi) is 5.91. The van der Waals surface area contributed by atoms with Gasteiger partial charge in [-0.25, -0.2) is 0 Å². The number of carbonyl (C=O) groups excluding carboxylic acids is 1. The number of piperidine rings is 1. The van der Waals surface area contributed by atoms with Crippen molar-refractivity contribution >= 4 is 17.7 Å². The van der Waals surface area contributed by atoms with E-state index in [1.807, 2.05) is 45.9 Å². The predicted octanol–water partition coefficient (Wildman–Crippen LogP) is 3.48. The molecular formula is C19H24N4OS. The highest BCUT2D eigenvalue weighted by atomic mass is 32.2. The summed E-state index contributed by atoms with van der Waals surface area (Å²) in [5.74, 6) is 2.12. The van der Waals surface area contributed by atoms with Crippen LogP contribution < -0.4 is 0 Å². The van der Waals surface area contributed by atoms with Gasteiger partial charge in [-0.3, -0.25) is 9.36 Å². The summed E-state index contributed by atoms with van der Waals surface area (Å²) in [5, 5.41) is 9.38. The summed E-state index contributed by atoms with van der Waals surface area (Å²) >= 11 is 1.46. The Labute approximate surface area is 153 Å². The number of carbonyl (C=O) groups is 1. The molecule has 1 fully saturated rings. The van der Waals surface area contributed by atoms with E-state index in [-0.39, 0.29) is 5.91 Å². The Morgan fingerprint density at radius 1 is 1.28 bits per heavy atom. The molecule has 0 spiro atoms. The quantitative estimate of drug-likeness (QED) is 0.587. The van der Waals surface area contributed by atoms with Crippen LogP contribution in [0.5, 0.6) is 0 Å². The second-order valence-electron chi connectivity index (χ2n) is 6.42. The third-order valence-corrected chi connectivity index (χ3v) is 5.47. The van der Waals surface area contributed by atoms with Gasteiger partial charge in [0.2, 0.25) is 5.91 Å². The van der Waals surface area contributed by atoms with Crippen LogP contribution in [0, 0.1) is 5.92 Å². The summed E-state index contributed by atoms with van der Waals surface area (Å²) in [7, 11) is 0. The zero-order valence-corrected chi connectivity index (χ0v) is 15.4. The maximum Gasteiger partial charge on any atom is 0.233 e. The Morgan fingerprint density at radius 2 is 2.00 bits per heavy atom. The lowest BCUT2D eigenvalue weighted by Gasteiger charge is -2.30. The third kappa shape index (κ3) is 4.31. The summed E-state index contributed by atoms with van der Waals surface area (Å²) < 4.78 is 2.01. The number of thioether (sulfide) groups is 1. The van der Waals surface area contributed by atoms with Crippen molar-refractivity contribution in [1.29, 1.82) is 0 Å². The van der Waals surface area contributed by atoms with E-state index in [4.69, 9.17) is 0 Å². The van der Waals surface area contributed by atoms with Crippen molar-refractivity contribution in [1.82, 2.24) is 19.7 Å². The minimum absolute atomic E-state index is 0.186. The lowest BCUT2D eigenvalue weighted by atomic mass is 9.99. The fourth-order valence-electron chi connectivity index (χ4n) is 2.97. The molecule has 2 aromatic rings. The van der Waals surface area contributed by atoms with Gasteiger partial charge in [0.1, 0.15) is 0 Å². The number of benzene rings is 1. The molecule has 1 amide bonds. The number of rotatable bonds is 6. The molecule has 0 N–H and O–H groups in total. The van der Waals surface area contributed by atoms with Gasteiger partial charge >= 0.3 is 0 Å². The van der Waals surface area contributed by atoms with Gasteiger partial charge in [0, 0.05) is 25.2 Å². The highest BCUT2D eigenvalue weighted by Gasteiger charge is 2.21. The Balaban J connectivity index is 1.69. The van der Waals surface area contributed by atoms with Crippen LogP contribution in [0.25, 0.3) is 11.4 Å². The summed E-state index contributed by atoms with van der Waals surface area (Å²) in [4.78, 5) is 14.4. The Bertz CT molecular complexity index is 720. The fourth-order valence-corrected chi connectivity index (χ4v) is 3.82. The summed E-state index contributed by atoms with van der Waals surface area (Å²) in [6.07, 6.45) is 4.02. The van der Waals surface area contributed by atoms with Gasteiger partial charge in [-0.05, 0) is 18.8 Å². The number of nitrogens with zero attached hydrogens (tertiary/aromatic N) is 4. The first-order valence-corrected chi connectivity index (χ1v) is 9.67. The third-order valence-electron chi connectivity index (χ3n) is 4.52. The Morgan fingerprint density at radius 3 is 2.68 bits per heavy atom. The molecule has 25 heavy (non-hydrogen) atoms.